The van der Waals surface area contributed by atoms with Crippen LogP contribution >= 0.6 is 23.2 Å². The molecule has 1 aromatic carbocycles. The number of nitrogens with zero attached hydrogens (tertiary/aromatic N) is 3. The van der Waals surface area contributed by atoms with Gasteiger partial charge in [0.05, 0.1) is 16.6 Å². The fourth-order valence-electron chi connectivity index (χ4n) is 2.59. The van der Waals surface area contributed by atoms with E-state index >= 15 is 0 Å². The molecular weight excluding hydrogens is 349 g/mol. The largest absolute Gasteiger partial charge is 0.383 e. The predicted octanol–water partition coefficient (Wildman–Crippen LogP) is 4.59. The minimum atomic E-state index is -1.15. The Labute approximate surface area is 148 Å². The lowest BCUT2D eigenvalue weighted by molar-refractivity contribution is 0.00547. The molecule has 0 saturated carbocycles. The Balaban J connectivity index is 2.24. The van der Waals surface area contributed by atoms with E-state index in [1.54, 1.807) is 23.1 Å². The molecule has 1 atom stereocenters. The van der Waals surface area contributed by atoms with Crippen molar-refractivity contribution >= 4 is 31.3 Å². The molecule has 0 aliphatic carbocycles. The Morgan fingerprint density at radius 3 is 2.52 bits per heavy atom. The summed E-state index contributed by atoms with van der Waals surface area (Å²) in [5, 5.41) is 16.3. The molecular formula is C16H23Cl2N3OSi. The molecule has 0 saturated heterocycles. The average Bonchev–Trinajstić information content (AvgIpc) is 2.93. The van der Waals surface area contributed by atoms with E-state index in [1.165, 1.54) is 6.33 Å². The second-order valence-corrected chi connectivity index (χ2v) is 13.6. The van der Waals surface area contributed by atoms with Crippen LogP contribution in [0.4, 0.5) is 0 Å². The van der Waals surface area contributed by atoms with Crippen LogP contribution in [0, 0.1) is 0 Å². The maximum absolute atomic E-state index is 11.3. The molecule has 4 nitrogen and oxygen atoms in total. The van der Waals surface area contributed by atoms with Gasteiger partial charge in [-0.05, 0) is 24.1 Å². The van der Waals surface area contributed by atoms with Crippen LogP contribution in [0.3, 0.4) is 0 Å². The van der Waals surface area contributed by atoms with Crippen molar-refractivity contribution in [3.63, 3.8) is 0 Å². The number of aliphatic hydroxyl groups is 1. The minimum absolute atomic E-state index is 0.344. The summed E-state index contributed by atoms with van der Waals surface area (Å²) < 4.78 is 1.65. The van der Waals surface area contributed by atoms with Gasteiger partial charge in [-0.1, -0.05) is 61.4 Å². The van der Waals surface area contributed by atoms with Gasteiger partial charge in [0.2, 0.25) is 0 Å². The second-order valence-electron chi connectivity index (χ2n) is 7.17. The number of hydrogen-bond acceptors (Lipinski definition) is 3. The molecule has 7 heteroatoms. The monoisotopic (exact) mass is 371 g/mol. The van der Waals surface area contributed by atoms with E-state index in [0.717, 1.165) is 18.0 Å². The third-order valence-corrected chi connectivity index (χ3v) is 6.46. The van der Waals surface area contributed by atoms with Crippen molar-refractivity contribution in [1.82, 2.24) is 14.8 Å². The van der Waals surface area contributed by atoms with Crippen molar-refractivity contribution in [2.75, 3.05) is 0 Å². The summed E-state index contributed by atoms with van der Waals surface area (Å²) in [4.78, 5) is 3.95. The topological polar surface area (TPSA) is 50.9 Å². The first kappa shape index (κ1) is 18.5. The third-order valence-electron chi connectivity index (χ3n) is 3.86. The van der Waals surface area contributed by atoms with Gasteiger partial charge >= 0.3 is 0 Å². The maximum Gasteiger partial charge on any atom is 0.137 e. The van der Waals surface area contributed by atoms with Gasteiger partial charge in [0.25, 0.3) is 0 Å². The molecule has 1 aromatic heterocycles. The number of halogens is 2. The summed E-state index contributed by atoms with van der Waals surface area (Å²) in [7, 11) is -1.15. The predicted molar refractivity (Wildman–Crippen MR) is 97.8 cm³/mol. The quantitative estimate of drug-likeness (QED) is 0.723. The zero-order valence-electron chi connectivity index (χ0n) is 13.8. The molecule has 1 N–H and O–H groups in total. The van der Waals surface area contributed by atoms with Gasteiger partial charge in [0.1, 0.15) is 18.3 Å². The van der Waals surface area contributed by atoms with E-state index in [-0.39, 0.29) is 0 Å². The molecule has 0 aliphatic rings. The van der Waals surface area contributed by atoms with E-state index in [0.29, 0.717) is 23.0 Å². The number of rotatable bonds is 7. The van der Waals surface area contributed by atoms with E-state index in [1.807, 2.05) is 6.07 Å². The van der Waals surface area contributed by atoms with Crippen LogP contribution in [-0.4, -0.2) is 27.9 Å². The van der Waals surface area contributed by atoms with Crippen molar-refractivity contribution in [2.45, 2.75) is 50.7 Å². The summed E-state index contributed by atoms with van der Waals surface area (Å²) >= 11 is 12.1. The normalized spacial score (nSPS) is 14.7. The molecule has 1 unspecified atom stereocenters. The van der Waals surface area contributed by atoms with E-state index in [4.69, 9.17) is 23.2 Å². The highest BCUT2D eigenvalue weighted by Crippen LogP contribution is 2.34. The Morgan fingerprint density at radius 2 is 1.96 bits per heavy atom. The van der Waals surface area contributed by atoms with Crippen LogP contribution in [0.5, 0.6) is 0 Å². The molecule has 0 aliphatic heterocycles. The zero-order chi connectivity index (χ0) is 17.1. The highest BCUT2D eigenvalue weighted by atomic mass is 35.5. The summed E-state index contributed by atoms with van der Waals surface area (Å²) in [6.07, 6.45) is 4.69. The van der Waals surface area contributed by atoms with Crippen LogP contribution in [0.25, 0.3) is 0 Å². The Kier molecular flexibility index (Phi) is 5.89. The first-order valence-corrected chi connectivity index (χ1v) is 12.2. The van der Waals surface area contributed by atoms with Crippen LogP contribution in [-0.2, 0) is 12.1 Å². The summed E-state index contributed by atoms with van der Waals surface area (Å²) in [5.41, 5.74) is -0.278. The lowest BCUT2D eigenvalue weighted by atomic mass is 9.89. The van der Waals surface area contributed by atoms with Crippen molar-refractivity contribution in [2.24, 2.45) is 0 Å². The highest BCUT2D eigenvalue weighted by molar-refractivity contribution is 6.76. The lowest BCUT2D eigenvalue weighted by Crippen LogP contribution is -2.32. The van der Waals surface area contributed by atoms with E-state index in [9.17, 15) is 5.11 Å². The Morgan fingerprint density at radius 1 is 1.22 bits per heavy atom. The number of benzene rings is 1. The molecule has 0 bridgehead atoms. The first-order chi connectivity index (χ1) is 10.7. The van der Waals surface area contributed by atoms with Gasteiger partial charge in [-0.3, -0.25) is 0 Å². The minimum Gasteiger partial charge on any atom is -0.383 e. The van der Waals surface area contributed by atoms with Gasteiger partial charge < -0.3 is 5.11 Å². The van der Waals surface area contributed by atoms with Crippen molar-refractivity contribution in [3.05, 3.63) is 46.5 Å². The molecule has 126 valence electrons. The number of hydrogen-bond donors (Lipinski definition) is 1. The molecule has 0 fully saturated rings. The Bertz CT molecular complexity index is 643. The summed E-state index contributed by atoms with van der Waals surface area (Å²) in [5.74, 6) is 0. The standard InChI is InChI=1S/C16H23Cl2N3OSi/c1-23(2,3)8-4-7-16(22,10-21-12-19-11-20-21)13-5-6-14(17)15(18)9-13/h5-6,9,11-12,22H,4,7-8,10H2,1-3H3. The van der Waals surface area contributed by atoms with Crippen LogP contribution in [0.2, 0.25) is 35.7 Å². The van der Waals surface area contributed by atoms with Crippen molar-refractivity contribution < 1.29 is 5.11 Å². The Hall–Kier alpha value is -0.883. The molecule has 2 aromatic rings. The van der Waals surface area contributed by atoms with Crippen LogP contribution in [0.15, 0.2) is 30.9 Å². The first-order valence-electron chi connectivity index (χ1n) is 7.70. The van der Waals surface area contributed by atoms with Crippen LogP contribution < -0.4 is 0 Å². The van der Waals surface area contributed by atoms with E-state index < -0.39 is 13.7 Å². The molecule has 1 heterocycles. The zero-order valence-corrected chi connectivity index (χ0v) is 16.3. The SMILES string of the molecule is C[Si](C)(C)CCCC(O)(Cn1cncn1)c1ccc(Cl)c(Cl)c1. The van der Waals surface area contributed by atoms with Crippen molar-refractivity contribution in [3.8, 4) is 0 Å². The molecule has 0 radical (unpaired) electrons. The molecule has 2 rings (SSSR count). The van der Waals surface area contributed by atoms with Gasteiger partial charge in [-0.25, -0.2) is 9.67 Å². The highest BCUT2D eigenvalue weighted by Gasteiger charge is 2.31. The molecule has 0 spiro atoms. The lowest BCUT2D eigenvalue weighted by Gasteiger charge is -2.30. The smallest absolute Gasteiger partial charge is 0.137 e. The van der Waals surface area contributed by atoms with Gasteiger partial charge in [-0.15, -0.1) is 0 Å². The summed E-state index contributed by atoms with van der Waals surface area (Å²) in [6.45, 7) is 7.35. The maximum atomic E-state index is 11.3. The average molecular weight is 372 g/mol. The van der Waals surface area contributed by atoms with Crippen LogP contribution in [0.1, 0.15) is 18.4 Å². The fourth-order valence-corrected chi connectivity index (χ4v) is 4.13. The van der Waals surface area contributed by atoms with E-state index in [2.05, 4.69) is 29.7 Å². The van der Waals surface area contributed by atoms with Gasteiger partial charge in [-0.2, -0.15) is 5.10 Å². The van der Waals surface area contributed by atoms with Gasteiger partial charge in [0.15, 0.2) is 0 Å². The second kappa shape index (κ2) is 7.34. The summed E-state index contributed by atoms with van der Waals surface area (Å²) in [6, 6.07) is 6.47. The fraction of sp³-hybridized carbons (Fsp3) is 0.500. The molecule has 23 heavy (non-hydrogen) atoms. The molecule has 0 amide bonds. The van der Waals surface area contributed by atoms with Crippen molar-refractivity contribution in [1.29, 1.82) is 0 Å². The third kappa shape index (κ3) is 5.31. The number of aromatic nitrogens is 3. The van der Waals surface area contributed by atoms with Gasteiger partial charge in [0, 0.05) is 8.07 Å².